The van der Waals surface area contributed by atoms with Crippen molar-refractivity contribution in [2.24, 2.45) is 11.8 Å². The summed E-state index contributed by atoms with van der Waals surface area (Å²) in [6.07, 6.45) is 4.73. The van der Waals surface area contributed by atoms with Gasteiger partial charge >= 0.3 is 0 Å². The van der Waals surface area contributed by atoms with Crippen molar-refractivity contribution in [3.8, 4) is 11.5 Å². The van der Waals surface area contributed by atoms with E-state index in [0.29, 0.717) is 12.5 Å². The van der Waals surface area contributed by atoms with Crippen molar-refractivity contribution < 1.29 is 15.0 Å². The number of amides is 1. The molecule has 0 aliphatic heterocycles. The van der Waals surface area contributed by atoms with Crippen molar-refractivity contribution in [1.82, 2.24) is 5.32 Å². The summed E-state index contributed by atoms with van der Waals surface area (Å²) in [4.78, 5) is 11.9. The highest BCUT2D eigenvalue weighted by Gasteiger charge is 2.20. The lowest BCUT2D eigenvalue weighted by Gasteiger charge is -2.26. The molecule has 2 rings (SSSR count). The molecule has 1 aliphatic carbocycles. The molecule has 1 saturated carbocycles. The molecule has 1 aromatic carbocycles. The molecule has 4 nitrogen and oxygen atoms in total. The molecule has 0 unspecified atom stereocenters. The molecule has 104 valence electrons. The molecule has 1 aromatic rings. The molecule has 0 bridgehead atoms. The molecule has 0 aromatic heterocycles. The molecule has 0 heterocycles. The summed E-state index contributed by atoms with van der Waals surface area (Å²) in [5.41, 5.74) is 0.129. The van der Waals surface area contributed by atoms with Crippen LogP contribution in [-0.4, -0.2) is 22.7 Å². The first-order valence-corrected chi connectivity index (χ1v) is 6.87. The van der Waals surface area contributed by atoms with Crippen LogP contribution in [0, 0.1) is 11.8 Å². The van der Waals surface area contributed by atoms with Crippen molar-refractivity contribution in [1.29, 1.82) is 0 Å². The second-order valence-corrected chi connectivity index (χ2v) is 5.51. The molecule has 1 amide bonds. The van der Waals surface area contributed by atoms with Gasteiger partial charge in [0.15, 0.2) is 11.5 Å². The molecule has 3 N–H and O–H groups in total. The molecule has 4 heteroatoms. The average molecular weight is 263 g/mol. The zero-order chi connectivity index (χ0) is 13.8. The number of rotatable bonds is 3. The van der Waals surface area contributed by atoms with Crippen molar-refractivity contribution in [3.05, 3.63) is 23.8 Å². The van der Waals surface area contributed by atoms with E-state index in [1.807, 2.05) is 0 Å². The maximum Gasteiger partial charge on any atom is 0.255 e. The Morgan fingerprint density at radius 1 is 1.26 bits per heavy atom. The molecular weight excluding hydrogens is 242 g/mol. The monoisotopic (exact) mass is 263 g/mol. The van der Waals surface area contributed by atoms with Crippen LogP contribution >= 0.6 is 0 Å². The van der Waals surface area contributed by atoms with Gasteiger partial charge in [0.25, 0.3) is 5.91 Å². The second kappa shape index (κ2) is 5.95. The third kappa shape index (κ3) is 3.40. The van der Waals surface area contributed by atoms with Crippen LogP contribution in [0.3, 0.4) is 0 Å². The van der Waals surface area contributed by atoms with Gasteiger partial charge in [0.1, 0.15) is 0 Å². The van der Waals surface area contributed by atoms with Crippen molar-refractivity contribution >= 4 is 5.91 Å². The zero-order valence-electron chi connectivity index (χ0n) is 11.2. The maximum absolute atomic E-state index is 11.9. The standard InChI is InChI=1S/C15H21NO3/c1-10-5-7-11(8-6-10)9-16-15(19)12-3-2-4-13(17)14(12)18/h2-4,10-11,17-18H,5-9H2,1H3,(H,16,19). The summed E-state index contributed by atoms with van der Waals surface area (Å²) in [5, 5.41) is 21.8. The molecular formula is C15H21NO3. The van der Waals surface area contributed by atoms with E-state index in [9.17, 15) is 15.0 Å². The van der Waals surface area contributed by atoms with Crippen LogP contribution < -0.4 is 5.32 Å². The third-order valence-corrected chi connectivity index (χ3v) is 3.95. The van der Waals surface area contributed by atoms with Gasteiger partial charge in [-0.25, -0.2) is 0 Å². The number of phenols is 2. The Kier molecular flexibility index (Phi) is 4.30. The van der Waals surface area contributed by atoms with Gasteiger partial charge in [-0.15, -0.1) is 0 Å². The summed E-state index contributed by atoms with van der Waals surface area (Å²) in [6.45, 7) is 2.90. The highest BCUT2D eigenvalue weighted by molar-refractivity contribution is 5.97. The number of aromatic hydroxyl groups is 2. The lowest BCUT2D eigenvalue weighted by Crippen LogP contribution is -2.31. The molecule has 1 fully saturated rings. The van der Waals surface area contributed by atoms with Crippen LogP contribution in [0.4, 0.5) is 0 Å². The first-order valence-electron chi connectivity index (χ1n) is 6.87. The molecule has 0 radical (unpaired) electrons. The number of hydrogen-bond donors (Lipinski definition) is 3. The Bertz CT molecular complexity index is 451. The van der Waals surface area contributed by atoms with Crippen LogP contribution in [-0.2, 0) is 0 Å². The Hall–Kier alpha value is -1.71. The minimum atomic E-state index is -0.350. The lowest BCUT2D eigenvalue weighted by molar-refractivity contribution is 0.0938. The molecule has 0 atom stereocenters. The summed E-state index contributed by atoms with van der Waals surface area (Å²) >= 11 is 0. The van der Waals surface area contributed by atoms with Gasteiger partial charge in [-0.3, -0.25) is 4.79 Å². The van der Waals surface area contributed by atoms with E-state index in [1.54, 1.807) is 6.07 Å². The third-order valence-electron chi connectivity index (χ3n) is 3.95. The number of carbonyl (C=O) groups is 1. The quantitative estimate of drug-likeness (QED) is 0.734. The fourth-order valence-corrected chi connectivity index (χ4v) is 2.58. The molecule has 1 aliphatic rings. The fourth-order valence-electron chi connectivity index (χ4n) is 2.58. The van der Waals surface area contributed by atoms with E-state index in [0.717, 1.165) is 18.8 Å². The van der Waals surface area contributed by atoms with Crippen LogP contribution in [0.5, 0.6) is 11.5 Å². The number of hydrogen-bond acceptors (Lipinski definition) is 3. The van der Waals surface area contributed by atoms with Gasteiger partial charge in [-0.2, -0.15) is 0 Å². The largest absolute Gasteiger partial charge is 0.504 e. The molecule has 0 saturated heterocycles. The van der Waals surface area contributed by atoms with Crippen LogP contribution in [0.2, 0.25) is 0 Å². The highest BCUT2D eigenvalue weighted by Crippen LogP contribution is 2.29. The Balaban J connectivity index is 1.89. The predicted molar refractivity (Wildman–Crippen MR) is 73.2 cm³/mol. The Morgan fingerprint density at radius 2 is 1.95 bits per heavy atom. The van der Waals surface area contributed by atoms with Crippen molar-refractivity contribution in [2.75, 3.05) is 6.54 Å². The minimum Gasteiger partial charge on any atom is -0.504 e. The van der Waals surface area contributed by atoms with Crippen LogP contribution in [0.25, 0.3) is 0 Å². The summed E-state index contributed by atoms with van der Waals surface area (Å²) in [5.74, 6) is 0.380. The highest BCUT2D eigenvalue weighted by atomic mass is 16.3. The second-order valence-electron chi connectivity index (χ2n) is 5.51. The normalized spacial score (nSPS) is 23.0. The van der Waals surface area contributed by atoms with E-state index in [1.165, 1.54) is 25.0 Å². The van der Waals surface area contributed by atoms with Gasteiger partial charge in [0.05, 0.1) is 5.56 Å². The maximum atomic E-state index is 11.9. The van der Waals surface area contributed by atoms with E-state index in [4.69, 9.17) is 0 Å². The summed E-state index contributed by atoms with van der Waals surface area (Å²) < 4.78 is 0. The molecule has 19 heavy (non-hydrogen) atoms. The van der Waals surface area contributed by atoms with E-state index in [2.05, 4.69) is 12.2 Å². The van der Waals surface area contributed by atoms with Gasteiger partial charge in [0.2, 0.25) is 0 Å². The van der Waals surface area contributed by atoms with Crippen molar-refractivity contribution in [2.45, 2.75) is 32.6 Å². The van der Waals surface area contributed by atoms with E-state index >= 15 is 0 Å². The Morgan fingerprint density at radius 3 is 2.63 bits per heavy atom. The SMILES string of the molecule is CC1CCC(CNC(=O)c2cccc(O)c2O)CC1. The Labute approximate surface area is 113 Å². The number of phenolic OH excluding ortho intramolecular Hbond substituents is 2. The number of benzene rings is 1. The van der Waals surface area contributed by atoms with Gasteiger partial charge < -0.3 is 15.5 Å². The first kappa shape index (κ1) is 13.7. The number of nitrogens with one attached hydrogen (secondary N) is 1. The van der Waals surface area contributed by atoms with Gasteiger partial charge in [-0.1, -0.05) is 25.8 Å². The van der Waals surface area contributed by atoms with E-state index in [-0.39, 0.29) is 23.0 Å². The minimum absolute atomic E-state index is 0.129. The lowest BCUT2D eigenvalue weighted by atomic mass is 9.83. The zero-order valence-corrected chi connectivity index (χ0v) is 11.2. The smallest absolute Gasteiger partial charge is 0.255 e. The molecule has 0 spiro atoms. The average Bonchev–Trinajstić information content (AvgIpc) is 2.41. The van der Waals surface area contributed by atoms with Gasteiger partial charge in [-0.05, 0) is 36.8 Å². The van der Waals surface area contributed by atoms with Crippen molar-refractivity contribution in [3.63, 3.8) is 0 Å². The van der Waals surface area contributed by atoms with Crippen LogP contribution in [0.15, 0.2) is 18.2 Å². The topological polar surface area (TPSA) is 69.6 Å². The van der Waals surface area contributed by atoms with Crippen LogP contribution in [0.1, 0.15) is 43.0 Å². The van der Waals surface area contributed by atoms with E-state index < -0.39 is 0 Å². The summed E-state index contributed by atoms with van der Waals surface area (Å²) in [7, 11) is 0. The first-order chi connectivity index (χ1) is 9.08. The predicted octanol–water partition coefficient (Wildman–Crippen LogP) is 2.65. The number of carbonyl (C=O) groups excluding carboxylic acids is 1. The van der Waals surface area contributed by atoms with Gasteiger partial charge in [0, 0.05) is 6.54 Å². The fraction of sp³-hybridized carbons (Fsp3) is 0.533. The summed E-state index contributed by atoms with van der Waals surface area (Å²) in [6, 6.07) is 4.41. The number of para-hydroxylation sites is 1.